The van der Waals surface area contributed by atoms with Gasteiger partial charge in [0.15, 0.2) is 0 Å². The molecule has 4 rings (SSSR count). The summed E-state index contributed by atoms with van der Waals surface area (Å²) in [7, 11) is 0. The normalized spacial score (nSPS) is 19.5. The molecule has 8 heteroatoms. The summed E-state index contributed by atoms with van der Waals surface area (Å²) in [6, 6.07) is 4.61. The summed E-state index contributed by atoms with van der Waals surface area (Å²) in [5, 5.41) is 10.5. The van der Waals surface area contributed by atoms with E-state index in [1.807, 2.05) is 4.90 Å². The number of nitrogens with zero attached hydrogens (tertiary/aromatic N) is 2. The number of amides is 1. The number of aromatic hydroxyl groups is 1. The van der Waals surface area contributed by atoms with E-state index in [0.29, 0.717) is 37.1 Å². The number of anilines is 1. The summed E-state index contributed by atoms with van der Waals surface area (Å²) in [5.41, 5.74) is 0.863. The van der Waals surface area contributed by atoms with Gasteiger partial charge in [-0.1, -0.05) is 0 Å². The van der Waals surface area contributed by atoms with Gasteiger partial charge in [-0.3, -0.25) is 14.5 Å². The molecule has 1 amide bonds. The van der Waals surface area contributed by atoms with Crippen molar-refractivity contribution in [1.82, 2.24) is 4.90 Å². The number of ether oxygens (including phenoxy) is 1. The van der Waals surface area contributed by atoms with Gasteiger partial charge in [-0.2, -0.15) is 0 Å². The second kappa shape index (κ2) is 8.47. The van der Waals surface area contributed by atoms with Crippen LogP contribution in [-0.4, -0.2) is 54.7 Å². The first-order valence-electron chi connectivity index (χ1n) is 10.5. The molecule has 0 saturated carbocycles. The van der Waals surface area contributed by atoms with Crippen LogP contribution < -0.4 is 10.5 Å². The SMILES string of the molecule is CCOC(=O)[C@@H]1CCCN(CC(=O)N2CCCc3c2c(=O)oc2ccc(O)cc32)C1. The number of piperidine rings is 1. The summed E-state index contributed by atoms with van der Waals surface area (Å²) in [6.45, 7) is 3.90. The lowest BCUT2D eigenvalue weighted by Crippen LogP contribution is -2.48. The van der Waals surface area contributed by atoms with Crippen LogP contribution in [0.2, 0.25) is 0 Å². The molecule has 3 heterocycles. The van der Waals surface area contributed by atoms with Gasteiger partial charge in [-0.15, -0.1) is 0 Å². The molecule has 2 aromatic rings. The van der Waals surface area contributed by atoms with Crippen LogP contribution in [0.15, 0.2) is 27.4 Å². The Labute approximate surface area is 174 Å². The Hall–Kier alpha value is -2.87. The number of phenolic OH excluding ortho intramolecular Hbond substituents is 1. The predicted octanol–water partition coefficient (Wildman–Crippen LogP) is 2.05. The minimum absolute atomic E-state index is 0.0836. The summed E-state index contributed by atoms with van der Waals surface area (Å²) >= 11 is 0. The Morgan fingerprint density at radius 3 is 2.90 bits per heavy atom. The number of hydrogen-bond acceptors (Lipinski definition) is 7. The zero-order chi connectivity index (χ0) is 21.3. The van der Waals surface area contributed by atoms with Gasteiger partial charge in [-0.25, -0.2) is 4.79 Å². The van der Waals surface area contributed by atoms with E-state index in [0.717, 1.165) is 31.4 Å². The Morgan fingerprint density at radius 2 is 2.10 bits per heavy atom. The highest BCUT2D eigenvalue weighted by Crippen LogP contribution is 2.32. The number of hydrogen-bond donors (Lipinski definition) is 1. The first-order chi connectivity index (χ1) is 14.5. The number of phenols is 1. The number of carbonyl (C=O) groups excluding carboxylic acids is 2. The second-order valence-electron chi connectivity index (χ2n) is 7.87. The Kier molecular flexibility index (Phi) is 5.76. The van der Waals surface area contributed by atoms with Crippen LogP contribution in [0, 0.1) is 5.92 Å². The molecular formula is C22H26N2O6. The van der Waals surface area contributed by atoms with Crippen LogP contribution in [0.5, 0.6) is 5.75 Å². The third kappa shape index (κ3) is 3.92. The number of carbonyl (C=O) groups is 2. The van der Waals surface area contributed by atoms with Gasteiger partial charge in [0.05, 0.1) is 19.1 Å². The van der Waals surface area contributed by atoms with Gasteiger partial charge in [0, 0.05) is 18.5 Å². The van der Waals surface area contributed by atoms with Crippen molar-refractivity contribution in [3.63, 3.8) is 0 Å². The molecule has 0 aliphatic carbocycles. The molecule has 1 atom stereocenters. The molecule has 0 radical (unpaired) electrons. The van der Waals surface area contributed by atoms with E-state index in [1.165, 1.54) is 11.0 Å². The van der Waals surface area contributed by atoms with E-state index < -0.39 is 5.63 Å². The highest BCUT2D eigenvalue weighted by atomic mass is 16.5. The highest BCUT2D eigenvalue weighted by Gasteiger charge is 2.32. The lowest BCUT2D eigenvalue weighted by atomic mass is 9.97. The van der Waals surface area contributed by atoms with E-state index in [9.17, 15) is 19.5 Å². The van der Waals surface area contributed by atoms with E-state index in [2.05, 4.69) is 0 Å². The zero-order valence-corrected chi connectivity index (χ0v) is 17.1. The number of rotatable bonds is 4. The van der Waals surface area contributed by atoms with Crippen molar-refractivity contribution in [2.24, 2.45) is 5.92 Å². The Bertz CT molecular complexity index is 1030. The van der Waals surface area contributed by atoms with Gasteiger partial charge in [-0.05, 0) is 62.9 Å². The lowest BCUT2D eigenvalue weighted by molar-refractivity contribution is -0.150. The van der Waals surface area contributed by atoms with Crippen LogP contribution in [0.3, 0.4) is 0 Å². The van der Waals surface area contributed by atoms with Crippen molar-refractivity contribution in [2.45, 2.75) is 32.6 Å². The summed E-state index contributed by atoms with van der Waals surface area (Å²) in [6.07, 6.45) is 2.94. The quantitative estimate of drug-likeness (QED) is 0.604. The number of fused-ring (bicyclic) bond motifs is 3. The maximum Gasteiger partial charge on any atom is 0.360 e. The van der Waals surface area contributed by atoms with Gasteiger partial charge < -0.3 is 19.2 Å². The van der Waals surface area contributed by atoms with Gasteiger partial charge in [0.25, 0.3) is 0 Å². The van der Waals surface area contributed by atoms with Crippen molar-refractivity contribution in [1.29, 1.82) is 0 Å². The summed E-state index contributed by atoms with van der Waals surface area (Å²) < 4.78 is 10.6. The van der Waals surface area contributed by atoms with Gasteiger partial charge in [0.1, 0.15) is 17.0 Å². The Morgan fingerprint density at radius 1 is 1.27 bits per heavy atom. The van der Waals surface area contributed by atoms with E-state index in [1.54, 1.807) is 19.1 Å². The molecule has 0 bridgehead atoms. The van der Waals surface area contributed by atoms with Crippen molar-refractivity contribution in [2.75, 3.05) is 37.7 Å². The fourth-order valence-corrected chi connectivity index (χ4v) is 4.47. The fourth-order valence-electron chi connectivity index (χ4n) is 4.47. The smallest absolute Gasteiger partial charge is 0.360 e. The molecule has 1 aromatic carbocycles. The molecule has 2 aliphatic heterocycles. The summed E-state index contributed by atoms with van der Waals surface area (Å²) in [4.78, 5) is 41.3. The van der Waals surface area contributed by atoms with Crippen LogP contribution in [0.4, 0.5) is 5.69 Å². The van der Waals surface area contributed by atoms with Gasteiger partial charge >= 0.3 is 11.6 Å². The van der Waals surface area contributed by atoms with Crippen LogP contribution in [0.25, 0.3) is 11.0 Å². The van der Waals surface area contributed by atoms with Crippen LogP contribution in [-0.2, 0) is 20.7 Å². The molecule has 8 nitrogen and oxygen atoms in total. The highest BCUT2D eigenvalue weighted by molar-refractivity contribution is 5.98. The number of likely N-dealkylation sites (tertiary alicyclic amines) is 1. The van der Waals surface area contributed by atoms with Crippen molar-refractivity contribution in [3.8, 4) is 5.75 Å². The first kappa shape index (κ1) is 20.4. The van der Waals surface area contributed by atoms with Crippen molar-refractivity contribution in [3.05, 3.63) is 34.2 Å². The zero-order valence-electron chi connectivity index (χ0n) is 17.1. The van der Waals surface area contributed by atoms with E-state index >= 15 is 0 Å². The van der Waals surface area contributed by atoms with E-state index in [4.69, 9.17) is 9.15 Å². The van der Waals surface area contributed by atoms with Crippen LogP contribution in [0.1, 0.15) is 31.7 Å². The number of esters is 1. The lowest BCUT2D eigenvalue weighted by Gasteiger charge is -2.34. The Balaban J connectivity index is 1.57. The molecule has 1 N–H and O–H groups in total. The molecule has 1 aromatic heterocycles. The molecular weight excluding hydrogens is 388 g/mol. The maximum atomic E-state index is 13.1. The van der Waals surface area contributed by atoms with Crippen molar-refractivity contribution < 1.29 is 23.8 Å². The molecule has 1 saturated heterocycles. The maximum absolute atomic E-state index is 13.1. The van der Waals surface area contributed by atoms with Crippen LogP contribution >= 0.6 is 0 Å². The van der Waals surface area contributed by atoms with Gasteiger partial charge in [0.2, 0.25) is 5.91 Å². The topological polar surface area (TPSA) is 100 Å². The standard InChI is InChI=1S/C22H26N2O6/c1-2-29-21(27)14-5-3-9-23(12-14)13-19(26)24-10-4-6-16-17-11-15(25)7-8-18(17)30-22(28)20(16)24/h7-8,11,14,25H,2-6,9-10,12-13H2,1H3/t14-/m1/s1. The molecule has 30 heavy (non-hydrogen) atoms. The minimum atomic E-state index is -0.542. The molecule has 0 spiro atoms. The molecule has 1 fully saturated rings. The summed E-state index contributed by atoms with van der Waals surface area (Å²) in [5.74, 6) is -0.547. The second-order valence-corrected chi connectivity index (χ2v) is 7.87. The monoisotopic (exact) mass is 414 g/mol. The molecule has 160 valence electrons. The average molecular weight is 414 g/mol. The molecule has 2 aliphatic rings. The largest absolute Gasteiger partial charge is 0.508 e. The van der Waals surface area contributed by atoms with Crippen molar-refractivity contribution >= 4 is 28.5 Å². The average Bonchev–Trinajstić information content (AvgIpc) is 2.74. The first-order valence-corrected chi connectivity index (χ1v) is 10.5. The predicted molar refractivity (Wildman–Crippen MR) is 111 cm³/mol. The van der Waals surface area contributed by atoms with E-state index in [-0.39, 0.29) is 35.8 Å². The third-order valence-corrected chi connectivity index (χ3v) is 5.83. The fraction of sp³-hybridized carbons (Fsp3) is 0.500. The minimum Gasteiger partial charge on any atom is -0.508 e. The number of benzene rings is 1. The molecule has 0 unspecified atom stereocenters. The number of aryl methyl sites for hydroxylation is 1. The third-order valence-electron chi connectivity index (χ3n) is 5.83.